The van der Waals surface area contributed by atoms with Gasteiger partial charge in [-0.3, -0.25) is 0 Å². The van der Waals surface area contributed by atoms with Gasteiger partial charge in [-0.1, -0.05) is 0 Å². The molecule has 2 heteroatoms. The summed E-state index contributed by atoms with van der Waals surface area (Å²) in [6, 6.07) is 0. The van der Waals surface area contributed by atoms with Gasteiger partial charge < -0.3 is 11.7 Å². The van der Waals surface area contributed by atoms with Crippen molar-refractivity contribution in [3.05, 3.63) is 6.42 Å². The van der Waals surface area contributed by atoms with Crippen molar-refractivity contribution in [1.82, 2.24) is 5.32 Å². The van der Waals surface area contributed by atoms with E-state index in [1.165, 1.54) is 25.9 Å². The van der Waals surface area contributed by atoms with Gasteiger partial charge in [0, 0.05) is 21.1 Å². The molecule has 0 radical (unpaired) electrons. The van der Waals surface area contributed by atoms with Crippen molar-refractivity contribution in [3.63, 3.8) is 0 Å². The Labute approximate surface area is 59.1 Å². The molecule has 1 rings (SSSR count). The molecule has 0 aromatic carbocycles. The number of hydrogen-bond acceptors (Lipinski definition) is 1. The van der Waals surface area contributed by atoms with Gasteiger partial charge in [0.05, 0.1) is 0 Å². The molecule has 0 atom stereocenters. The van der Waals surface area contributed by atoms with E-state index >= 15 is 0 Å². The third kappa shape index (κ3) is 3.25. The number of rotatable bonds is 0. The Morgan fingerprint density at radius 2 is 1.71 bits per heavy atom. The largest absolute Gasteiger partial charge is 0.326 e. The molecule has 0 spiro atoms. The zero-order valence-electron chi connectivity index (χ0n) is 4.31. The molecule has 0 saturated carbocycles. The quantitative estimate of drug-likeness (QED) is 0.424. The van der Waals surface area contributed by atoms with E-state index in [4.69, 9.17) is 0 Å². The van der Waals surface area contributed by atoms with Crippen LogP contribution in [0.25, 0.3) is 0 Å². The molecule has 0 amide bonds. The van der Waals surface area contributed by atoms with E-state index in [2.05, 4.69) is 11.7 Å². The Morgan fingerprint density at radius 1 is 1.14 bits per heavy atom. The van der Waals surface area contributed by atoms with Gasteiger partial charge in [0.25, 0.3) is 0 Å². The Hall–Kier alpha value is 0.648. The Bertz CT molecular complexity index is 23.6. The van der Waals surface area contributed by atoms with E-state index in [1.807, 2.05) is 0 Å². The Morgan fingerprint density at radius 3 is 1.86 bits per heavy atom. The first-order valence-corrected chi connectivity index (χ1v) is 2.52. The van der Waals surface area contributed by atoms with Gasteiger partial charge in [-0.15, -0.1) is 0 Å². The van der Waals surface area contributed by atoms with Gasteiger partial charge >= 0.3 is 0 Å². The molecule has 1 nitrogen and oxygen atoms in total. The monoisotopic (exact) mass is 182 g/mol. The normalized spacial score (nSPS) is 20.6. The second-order valence-corrected chi connectivity index (χ2v) is 1.62. The minimum Gasteiger partial charge on any atom is -0.326 e. The van der Waals surface area contributed by atoms with Gasteiger partial charge in [0.15, 0.2) is 0 Å². The van der Waals surface area contributed by atoms with Crippen molar-refractivity contribution >= 4 is 0 Å². The molecule has 1 N–H and O–H groups in total. The molecule has 1 aliphatic heterocycles. The summed E-state index contributed by atoms with van der Waals surface area (Å²) in [7, 11) is 0. The summed E-state index contributed by atoms with van der Waals surface area (Å²) in [6.45, 7) is 2.39. The van der Waals surface area contributed by atoms with Gasteiger partial charge in [0.1, 0.15) is 0 Å². The standard InChI is InChI=1S/C5H10N.Mo/c1-2-4-6-5-3-1;/h1,6H,2-5H2;/q-1;. The molecule has 0 aromatic rings. The predicted octanol–water partition coefficient (Wildman–Crippen LogP) is 0.572. The molecular formula is C5H10MoN-. The van der Waals surface area contributed by atoms with Crippen LogP contribution in [0.2, 0.25) is 0 Å². The number of piperidine rings is 1. The maximum Gasteiger partial charge on any atom is 0 e. The minimum absolute atomic E-state index is 0. The van der Waals surface area contributed by atoms with Crippen LogP contribution in [0.15, 0.2) is 0 Å². The van der Waals surface area contributed by atoms with E-state index in [9.17, 15) is 0 Å². The van der Waals surface area contributed by atoms with Crippen molar-refractivity contribution < 1.29 is 21.1 Å². The molecule has 1 fully saturated rings. The molecule has 0 unspecified atom stereocenters. The van der Waals surface area contributed by atoms with Crippen LogP contribution in [-0.4, -0.2) is 13.1 Å². The van der Waals surface area contributed by atoms with Crippen LogP contribution in [0.5, 0.6) is 0 Å². The van der Waals surface area contributed by atoms with E-state index < -0.39 is 0 Å². The summed E-state index contributed by atoms with van der Waals surface area (Å²) in [5.41, 5.74) is 0. The van der Waals surface area contributed by atoms with E-state index in [-0.39, 0.29) is 21.1 Å². The van der Waals surface area contributed by atoms with Crippen LogP contribution in [0.4, 0.5) is 0 Å². The average molecular weight is 180 g/mol. The Kier molecular flexibility index (Phi) is 5.24. The molecule has 42 valence electrons. The second kappa shape index (κ2) is 4.80. The molecular weight excluding hydrogens is 170 g/mol. The van der Waals surface area contributed by atoms with Gasteiger partial charge in [-0.2, -0.15) is 12.8 Å². The minimum atomic E-state index is 0. The zero-order valence-corrected chi connectivity index (χ0v) is 6.32. The Balaban J connectivity index is 0.000000360. The molecule has 0 aromatic heterocycles. The van der Waals surface area contributed by atoms with Crippen LogP contribution in [0, 0.1) is 6.42 Å². The molecule has 1 saturated heterocycles. The first-order valence-electron chi connectivity index (χ1n) is 2.52. The maximum atomic E-state index is 3.25. The second-order valence-electron chi connectivity index (χ2n) is 1.62. The van der Waals surface area contributed by atoms with Crippen molar-refractivity contribution in [1.29, 1.82) is 0 Å². The number of hydrogen-bond donors (Lipinski definition) is 1. The summed E-state index contributed by atoms with van der Waals surface area (Å²) >= 11 is 0. The third-order valence-electron chi connectivity index (χ3n) is 1.05. The molecule has 0 aliphatic carbocycles. The van der Waals surface area contributed by atoms with E-state index in [0.717, 1.165) is 0 Å². The molecule has 1 aliphatic rings. The smallest absolute Gasteiger partial charge is 0 e. The maximum absolute atomic E-state index is 3.25. The van der Waals surface area contributed by atoms with Crippen molar-refractivity contribution in [2.45, 2.75) is 12.8 Å². The molecule has 0 bridgehead atoms. The summed E-state index contributed by atoms with van der Waals surface area (Å²) in [5.74, 6) is 0. The van der Waals surface area contributed by atoms with Gasteiger partial charge in [-0.25, -0.2) is 0 Å². The van der Waals surface area contributed by atoms with Crippen molar-refractivity contribution in [3.8, 4) is 0 Å². The van der Waals surface area contributed by atoms with Crippen LogP contribution in [0.1, 0.15) is 12.8 Å². The average Bonchev–Trinajstić information content (AvgIpc) is 1.72. The fraction of sp³-hybridized carbons (Fsp3) is 0.800. The summed E-state index contributed by atoms with van der Waals surface area (Å²) in [4.78, 5) is 0. The van der Waals surface area contributed by atoms with E-state index in [0.29, 0.717) is 0 Å². The fourth-order valence-electron chi connectivity index (χ4n) is 0.678. The fourth-order valence-corrected chi connectivity index (χ4v) is 0.678. The number of nitrogens with one attached hydrogen (secondary N) is 1. The third-order valence-corrected chi connectivity index (χ3v) is 1.05. The first kappa shape index (κ1) is 7.65. The van der Waals surface area contributed by atoms with Crippen LogP contribution < -0.4 is 5.32 Å². The summed E-state index contributed by atoms with van der Waals surface area (Å²) in [5, 5.41) is 3.25. The topological polar surface area (TPSA) is 12.0 Å². The SMILES string of the molecule is [CH-]1CCNCC1.[Mo]. The van der Waals surface area contributed by atoms with Crippen molar-refractivity contribution in [2.24, 2.45) is 0 Å². The predicted molar refractivity (Wildman–Crippen MR) is 26.4 cm³/mol. The van der Waals surface area contributed by atoms with Gasteiger partial charge in [0.2, 0.25) is 0 Å². The van der Waals surface area contributed by atoms with Crippen LogP contribution in [-0.2, 0) is 21.1 Å². The molecule has 7 heavy (non-hydrogen) atoms. The van der Waals surface area contributed by atoms with E-state index in [1.54, 1.807) is 0 Å². The van der Waals surface area contributed by atoms with Crippen LogP contribution >= 0.6 is 0 Å². The summed E-state index contributed by atoms with van der Waals surface area (Å²) < 4.78 is 0. The summed E-state index contributed by atoms with van der Waals surface area (Å²) in [6.07, 6.45) is 4.86. The van der Waals surface area contributed by atoms with Gasteiger partial charge in [-0.05, 0) is 13.1 Å². The first-order chi connectivity index (χ1) is 3.00. The zero-order chi connectivity index (χ0) is 4.24. The van der Waals surface area contributed by atoms with Crippen LogP contribution in [0.3, 0.4) is 0 Å². The molecule has 1 heterocycles. The van der Waals surface area contributed by atoms with Crippen molar-refractivity contribution in [2.75, 3.05) is 13.1 Å².